The van der Waals surface area contributed by atoms with E-state index in [0.29, 0.717) is 12.6 Å². The Labute approximate surface area is 92.1 Å². The summed E-state index contributed by atoms with van der Waals surface area (Å²) in [5.41, 5.74) is 0. The van der Waals surface area contributed by atoms with Crippen molar-refractivity contribution >= 4 is 10.0 Å². The van der Waals surface area contributed by atoms with Crippen LogP contribution >= 0.6 is 0 Å². The minimum Gasteiger partial charge on any atom is -0.315 e. The molecule has 1 heterocycles. The van der Waals surface area contributed by atoms with Crippen molar-refractivity contribution in [3.8, 4) is 0 Å². The Morgan fingerprint density at radius 1 is 1.53 bits per heavy atom. The molecule has 0 aliphatic carbocycles. The Kier molecular flexibility index (Phi) is 4.98. The zero-order chi connectivity index (χ0) is 11.3. The van der Waals surface area contributed by atoms with E-state index < -0.39 is 10.0 Å². The van der Waals surface area contributed by atoms with Crippen LogP contribution in [0.3, 0.4) is 0 Å². The van der Waals surface area contributed by atoms with Crippen LogP contribution in [0.15, 0.2) is 0 Å². The molecule has 0 amide bonds. The van der Waals surface area contributed by atoms with E-state index in [-0.39, 0.29) is 5.75 Å². The molecule has 1 aliphatic rings. The van der Waals surface area contributed by atoms with Crippen LogP contribution in [0, 0.1) is 0 Å². The Morgan fingerprint density at radius 2 is 2.27 bits per heavy atom. The predicted molar refractivity (Wildman–Crippen MR) is 61.1 cm³/mol. The highest BCUT2D eigenvalue weighted by molar-refractivity contribution is 7.89. The van der Waals surface area contributed by atoms with Gasteiger partial charge in [0.05, 0.1) is 5.75 Å². The molecule has 0 spiro atoms. The van der Waals surface area contributed by atoms with E-state index in [1.54, 1.807) is 0 Å². The summed E-state index contributed by atoms with van der Waals surface area (Å²) in [7, 11) is -3.33. The van der Waals surface area contributed by atoms with E-state index in [1.807, 2.05) is 0 Å². The first-order valence-corrected chi connectivity index (χ1v) is 7.19. The lowest BCUT2D eigenvalue weighted by molar-refractivity contribution is 0.183. The minimum absolute atomic E-state index is 0.0529. The molecule has 1 atom stereocenters. The molecule has 0 aromatic heterocycles. The topological polar surface area (TPSA) is 75.4 Å². The summed E-state index contributed by atoms with van der Waals surface area (Å²) in [6.07, 6.45) is 2.31. The van der Waals surface area contributed by atoms with E-state index in [1.165, 1.54) is 0 Å². The lowest BCUT2D eigenvalue weighted by Crippen LogP contribution is -2.47. The van der Waals surface area contributed by atoms with Gasteiger partial charge in [-0.05, 0) is 25.9 Å². The molecule has 0 aromatic rings. The van der Waals surface area contributed by atoms with Crippen molar-refractivity contribution in [1.82, 2.24) is 10.2 Å². The minimum atomic E-state index is -3.33. The maximum atomic E-state index is 10.9. The third-order valence-electron chi connectivity index (χ3n) is 2.86. The zero-order valence-electron chi connectivity index (χ0n) is 9.28. The number of nitrogens with zero attached hydrogens (tertiary/aromatic N) is 1. The molecule has 0 saturated carbocycles. The molecule has 90 valence electrons. The average molecular weight is 235 g/mol. The molecule has 3 N–H and O–H groups in total. The monoisotopic (exact) mass is 235 g/mol. The largest absolute Gasteiger partial charge is 0.315 e. The number of piperidine rings is 1. The lowest BCUT2D eigenvalue weighted by Gasteiger charge is -2.33. The fraction of sp³-hybridized carbons (Fsp3) is 1.00. The number of nitrogens with two attached hydrogens (primary N) is 1. The number of rotatable bonds is 5. The Balaban J connectivity index is 2.40. The van der Waals surface area contributed by atoms with Gasteiger partial charge in [0.1, 0.15) is 0 Å². The molecule has 1 fully saturated rings. The normalized spacial score (nSPS) is 23.3. The van der Waals surface area contributed by atoms with Crippen molar-refractivity contribution in [3.05, 3.63) is 0 Å². The van der Waals surface area contributed by atoms with Crippen molar-refractivity contribution in [2.45, 2.75) is 25.8 Å². The maximum Gasteiger partial charge on any atom is 0.210 e. The van der Waals surface area contributed by atoms with Gasteiger partial charge in [0.15, 0.2) is 0 Å². The lowest BCUT2D eigenvalue weighted by atomic mass is 10.1. The van der Waals surface area contributed by atoms with Gasteiger partial charge in [-0.2, -0.15) is 0 Å². The van der Waals surface area contributed by atoms with Crippen molar-refractivity contribution in [2.24, 2.45) is 5.14 Å². The maximum absolute atomic E-state index is 10.9. The van der Waals surface area contributed by atoms with Crippen molar-refractivity contribution < 1.29 is 8.42 Å². The fourth-order valence-electron chi connectivity index (χ4n) is 1.99. The molecule has 1 unspecified atom stereocenters. The Morgan fingerprint density at radius 3 is 2.73 bits per heavy atom. The first kappa shape index (κ1) is 12.9. The third kappa shape index (κ3) is 4.92. The molecule has 0 bridgehead atoms. The van der Waals surface area contributed by atoms with Crippen LogP contribution in [0.2, 0.25) is 0 Å². The van der Waals surface area contributed by atoms with Crippen LogP contribution in [-0.2, 0) is 10.0 Å². The van der Waals surface area contributed by atoms with Crippen LogP contribution in [0.25, 0.3) is 0 Å². The highest BCUT2D eigenvalue weighted by atomic mass is 32.2. The zero-order valence-corrected chi connectivity index (χ0v) is 10.1. The van der Waals surface area contributed by atoms with Crippen LogP contribution < -0.4 is 10.5 Å². The van der Waals surface area contributed by atoms with Gasteiger partial charge in [-0.1, -0.05) is 6.92 Å². The number of primary sulfonamides is 1. The van der Waals surface area contributed by atoms with Gasteiger partial charge in [0.2, 0.25) is 10.0 Å². The van der Waals surface area contributed by atoms with Gasteiger partial charge >= 0.3 is 0 Å². The molecule has 5 nitrogen and oxygen atoms in total. The second-order valence-electron chi connectivity index (χ2n) is 4.00. The first-order valence-electron chi connectivity index (χ1n) is 5.48. The number of likely N-dealkylation sites (N-methyl/N-ethyl adjacent to an activating group) is 1. The predicted octanol–water partition coefficient (Wildman–Crippen LogP) is -0.651. The molecule has 15 heavy (non-hydrogen) atoms. The highest BCUT2D eigenvalue weighted by Gasteiger charge is 2.20. The Bertz CT molecular complexity index is 273. The van der Waals surface area contributed by atoms with Crippen LogP contribution in [0.5, 0.6) is 0 Å². The second-order valence-corrected chi connectivity index (χ2v) is 5.73. The third-order valence-corrected chi connectivity index (χ3v) is 3.61. The number of hydrogen-bond donors (Lipinski definition) is 2. The van der Waals surface area contributed by atoms with E-state index in [2.05, 4.69) is 17.1 Å². The summed E-state index contributed by atoms with van der Waals surface area (Å²) in [6.45, 7) is 5.50. The second kappa shape index (κ2) is 5.79. The number of nitrogens with one attached hydrogen (secondary N) is 1. The van der Waals surface area contributed by atoms with Gasteiger partial charge in [0.25, 0.3) is 0 Å². The van der Waals surface area contributed by atoms with Gasteiger partial charge < -0.3 is 5.32 Å². The molecule has 0 aromatic carbocycles. The smallest absolute Gasteiger partial charge is 0.210 e. The van der Waals surface area contributed by atoms with Crippen molar-refractivity contribution in [3.63, 3.8) is 0 Å². The fourth-order valence-corrected chi connectivity index (χ4v) is 2.48. The number of hydrogen-bond acceptors (Lipinski definition) is 4. The van der Waals surface area contributed by atoms with E-state index >= 15 is 0 Å². The number of sulfonamides is 1. The van der Waals surface area contributed by atoms with E-state index in [0.717, 1.165) is 32.5 Å². The van der Waals surface area contributed by atoms with Crippen LogP contribution in [0.1, 0.15) is 19.8 Å². The van der Waals surface area contributed by atoms with E-state index in [4.69, 9.17) is 5.14 Å². The summed E-state index contributed by atoms with van der Waals surface area (Å²) in [5.74, 6) is 0.0529. The Hall–Kier alpha value is -0.170. The van der Waals surface area contributed by atoms with Crippen LogP contribution in [-0.4, -0.2) is 51.3 Å². The average Bonchev–Trinajstić information content (AvgIpc) is 2.19. The summed E-state index contributed by atoms with van der Waals surface area (Å²) in [6, 6.07) is 0.463. The van der Waals surface area contributed by atoms with Crippen LogP contribution in [0.4, 0.5) is 0 Å². The van der Waals surface area contributed by atoms with Gasteiger partial charge in [0, 0.05) is 19.1 Å². The van der Waals surface area contributed by atoms with Gasteiger partial charge in [-0.15, -0.1) is 0 Å². The summed E-state index contributed by atoms with van der Waals surface area (Å²) >= 11 is 0. The summed E-state index contributed by atoms with van der Waals surface area (Å²) in [5, 5.41) is 8.32. The summed E-state index contributed by atoms with van der Waals surface area (Å²) < 4.78 is 21.7. The molecule has 6 heteroatoms. The van der Waals surface area contributed by atoms with Gasteiger partial charge in [-0.3, -0.25) is 4.90 Å². The van der Waals surface area contributed by atoms with Crippen molar-refractivity contribution in [2.75, 3.05) is 31.9 Å². The molecular formula is C9H21N3O2S. The first-order chi connectivity index (χ1) is 7.03. The molecular weight excluding hydrogens is 214 g/mol. The standard InChI is InChI=1S/C9H21N3O2S/c1-2-12(6-7-15(10,13)14)9-4-3-5-11-8-9/h9,11H,2-8H2,1H3,(H2,10,13,14). The molecule has 1 saturated heterocycles. The summed E-state index contributed by atoms with van der Waals surface area (Å²) in [4.78, 5) is 2.19. The molecule has 0 radical (unpaired) electrons. The van der Waals surface area contributed by atoms with E-state index in [9.17, 15) is 8.42 Å². The molecule has 1 aliphatic heterocycles. The van der Waals surface area contributed by atoms with Crippen molar-refractivity contribution in [1.29, 1.82) is 0 Å². The van der Waals surface area contributed by atoms with Gasteiger partial charge in [-0.25, -0.2) is 13.6 Å². The highest BCUT2D eigenvalue weighted by Crippen LogP contribution is 2.09. The SMILES string of the molecule is CCN(CCS(N)(=O)=O)C1CCCNC1. The quantitative estimate of drug-likeness (QED) is 0.664. The molecule has 1 rings (SSSR count).